The predicted octanol–water partition coefficient (Wildman–Crippen LogP) is 3.31. The molecule has 0 aliphatic heterocycles. The van der Waals surface area contributed by atoms with E-state index in [1.54, 1.807) is 30.3 Å². The summed E-state index contributed by atoms with van der Waals surface area (Å²) < 4.78 is 31.9. The Morgan fingerprint density at radius 1 is 0.903 bits per heavy atom. The van der Waals surface area contributed by atoms with Gasteiger partial charge >= 0.3 is 5.97 Å². The Bertz CT molecular complexity index is 1290. The molecule has 31 heavy (non-hydrogen) atoms. The molecule has 0 fully saturated rings. The standard InChI is InChI=1S/C22H18N4O4S/c1-25(31(28,29)20-10-6-3-7-11-20)17-12-14-19(15-13-17)30-22(27)21-16-23-26(24-21)18-8-4-2-5-9-18/h2-16H,1H3. The lowest BCUT2D eigenvalue weighted by molar-refractivity contribution is 0.0728. The second-order valence-corrected chi connectivity index (χ2v) is 8.49. The average molecular weight is 434 g/mol. The summed E-state index contributed by atoms with van der Waals surface area (Å²) >= 11 is 0. The van der Waals surface area contributed by atoms with E-state index < -0.39 is 16.0 Å². The molecule has 8 nitrogen and oxygen atoms in total. The van der Waals surface area contributed by atoms with Gasteiger partial charge in [0.2, 0.25) is 0 Å². The van der Waals surface area contributed by atoms with E-state index in [1.165, 1.54) is 46.6 Å². The third-order valence-corrected chi connectivity index (χ3v) is 6.30. The maximum absolute atomic E-state index is 12.7. The number of nitrogens with zero attached hydrogens (tertiary/aromatic N) is 4. The number of ether oxygens (including phenoxy) is 1. The van der Waals surface area contributed by atoms with E-state index in [4.69, 9.17) is 4.74 Å². The fourth-order valence-corrected chi connectivity index (χ4v) is 4.03. The van der Waals surface area contributed by atoms with Gasteiger partial charge < -0.3 is 4.74 Å². The summed E-state index contributed by atoms with van der Waals surface area (Å²) in [5.41, 5.74) is 1.20. The first kappa shape index (κ1) is 20.3. The van der Waals surface area contributed by atoms with Crippen molar-refractivity contribution in [2.75, 3.05) is 11.4 Å². The lowest BCUT2D eigenvalue weighted by Crippen LogP contribution is -2.26. The van der Waals surface area contributed by atoms with Crippen LogP contribution in [0, 0.1) is 0 Å². The van der Waals surface area contributed by atoms with Crippen molar-refractivity contribution in [1.29, 1.82) is 0 Å². The summed E-state index contributed by atoms with van der Waals surface area (Å²) in [6, 6.07) is 23.5. The predicted molar refractivity (Wildman–Crippen MR) is 115 cm³/mol. The number of hydrogen-bond donors (Lipinski definition) is 0. The summed E-state index contributed by atoms with van der Waals surface area (Å²) in [5.74, 6) is -0.409. The molecular weight excluding hydrogens is 416 g/mol. The van der Waals surface area contributed by atoms with Crippen molar-refractivity contribution in [3.63, 3.8) is 0 Å². The molecule has 0 aliphatic carbocycles. The molecule has 0 saturated heterocycles. The summed E-state index contributed by atoms with van der Waals surface area (Å²) in [6.45, 7) is 0. The van der Waals surface area contributed by atoms with Crippen LogP contribution in [0.3, 0.4) is 0 Å². The van der Waals surface area contributed by atoms with Gasteiger partial charge in [-0.1, -0.05) is 36.4 Å². The van der Waals surface area contributed by atoms with Crippen LogP contribution >= 0.6 is 0 Å². The molecule has 0 radical (unpaired) electrons. The van der Waals surface area contributed by atoms with Crippen LogP contribution in [-0.4, -0.2) is 36.4 Å². The Morgan fingerprint density at radius 3 is 2.16 bits per heavy atom. The molecule has 1 heterocycles. The average Bonchev–Trinajstić information content (AvgIpc) is 3.31. The normalized spacial score (nSPS) is 11.1. The highest BCUT2D eigenvalue weighted by molar-refractivity contribution is 7.92. The summed E-state index contributed by atoms with van der Waals surface area (Å²) in [6.07, 6.45) is 1.32. The van der Waals surface area contributed by atoms with Crippen LogP contribution < -0.4 is 9.04 Å². The Kier molecular flexibility index (Phi) is 5.50. The molecule has 0 saturated carbocycles. The molecule has 4 aromatic rings. The van der Waals surface area contributed by atoms with Crippen LogP contribution in [-0.2, 0) is 10.0 Å². The third-order valence-electron chi connectivity index (χ3n) is 4.50. The Hall–Kier alpha value is -3.98. The summed E-state index contributed by atoms with van der Waals surface area (Å²) in [7, 11) is -2.23. The zero-order chi connectivity index (χ0) is 21.8. The van der Waals surface area contributed by atoms with Gasteiger partial charge in [0.05, 0.1) is 22.5 Å². The molecule has 4 rings (SSSR count). The maximum Gasteiger partial charge on any atom is 0.365 e. The van der Waals surface area contributed by atoms with Crippen molar-refractivity contribution in [2.24, 2.45) is 0 Å². The molecule has 9 heteroatoms. The molecule has 0 spiro atoms. The number of carbonyl (C=O) groups is 1. The van der Waals surface area contributed by atoms with Gasteiger partial charge in [-0.25, -0.2) is 13.2 Å². The molecule has 3 aromatic carbocycles. The Morgan fingerprint density at radius 2 is 1.52 bits per heavy atom. The number of hydrogen-bond acceptors (Lipinski definition) is 6. The van der Waals surface area contributed by atoms with Gasteiger partial charge in [0.1, 0.15) is 5.75 Å². The number of aromatic nitrogens is 3. The maximum atomic E-state index is 12.7. The second-order valence-electron chi connectivity index (χ2n) is 6.52. The third kappa shape index (κ3) is 4.31. The lowest BCUT2D eigenvalue weighted by atomic mass is 10.3. The van der Waals surface area contributed by atoms with E-state index in [0.29, 0.717) is 11.4 Å². The zero-order valence-corrected chi connectivity index (χ0v) is 17.3. The van der Waals surface area contributed by atoms with E-state index in [-0.39, 0.29) is 16.3 Å². The minimum atomic E-state index is -3.69. The fraction of sp³-hybridized carbons (Fsp3) is 0.0455. The first-order valence-corrected chi connectivity index (χ1v) is 10.7. The molecule has 1 aromatic heterocycles. The highest BCUT2D eigenvalue weighted by Gasteiger charge is 2.21. The van der Waals surface area contributed by atoms with Gasteiger partial charge in [0.15, 0.2) is 5.69 Å². The van der Waals surface area contributed by atoms with Crippen molar-refractivity contribution >= 4 is 21.7 Å². The van der Waals surface area contributed by atoms with Gasteiger partial charge in [-0.2, -0.15) is 9.90 Å². The molecular formula is C22H18N4O4S. The van der Waals surface area contributed by atoms with E-state index in [9.17, 15) is 13.2 Å². The van der Waals surface area contributed by atoms with Gasteiger partial charge in [0, 0.05) is 7.05 Å². The Labute approximate surface area is 179 Å². The van der Waals surface area contributed by atoms with Crippen LogP contribution in [0.1, 0.15) is 10.5 Å². The van der Waals surface area contributed by atoms with E-state index in [2.05, 4.69) is 10.2 Å². The first-order chi connectivity index (χ1) is 14.9. The van der Waals surface area contributed by atoms with Crippen molar-refractivity contribution in [3.05, 3.63) is 96.8 Å². The number of carbonyl (C=O) groups excluding carboxylic acids is 1. The van der Waals surface area contributed by atoms with Crippen LogP contribution in [0.4, 0.5) is 5.69 Å². The van der Waals surface area contributed by atoms with Crippen LogP contribution in [0.25, 0.3) is 5.69 Å². The topological polar surface area (TPSA) is 94.4 Å². The minimum Gasteiger partial charge on any atom is -0.422 e. The molecule has 0 aliphatic rings. The van der Waals surface area contributed by atoms with Crippen LogP contribution in [0.2, 0.25) is 0 Å². The highest BCUT2D eigenvalue weighted by atomic mass is 32.2. The minimum absolute atomic E-state index is 0.0525. The largest absolute Gasteiger partial charge is 0.422 e. The number of sulfonamides is 1. The molecule has 0 unspecified atom stereocenters. The molecule has 0 amide bonds. The number of anilines is 1. The first-order valence-electron chi connectivity index (χ1n) is 9.29. The van der Waals surface area contributed by atoms with Crippen LogP contribution in [0.15, 0.2) is 96.0 Å². The van der Waals surface area contributed by atoms with Gasteiger partial charge in [-0.15, -0.1) is 5.10 Å². The highest BCUT2D eigenvalue weighted by Crippen LogP contribution is 2.24. The summed E-state index contributed by atoms with van der Waals surface area (Å²) in [5, 5.41) is 8.21. The quantitative estimate of drug-likeness (QED) is 0.341. The van der Waals surface area contributed by atoms with Gasteiger partial charge in [-0.05, 0) is 48.5 Å². The zero-order valence-electron chi connectivity index (χ0n) is 16.5. The van der Waals surface area contributed by atoms with Crippen molar-refractivity contribution in [2.45, 2.75) is 4.90 Å². The van der Waals surface area contributed by atoms with Gasteiger partial charge in [0.25, 0.3) is 10.0 Å². The molecule has 0 N–H and O–H groups in total. The van der Waals surface area contributed by atoms with Crippen molar-refractivity contribution < 1.29 is 17.9 Å². The van der Waals surface area contributed by atoms with Crippen LogP contribution in [0.5, 0.6) is 5.75 Å². The molecule has 0 atom stereocenters. The van der Waals surface area contributed by atoms with Gasteiger partial charge in [-0.3, -0.25) is 4.31 Å². The summed E-state index contributed by atoms with van der Waals surface area (Å²) in [4.78, 5) is 13.9. The Balaban J connectivity index is 1.46. The number of benzene rings is 3. The molecule has 156 valence electrons. The molecule has 0 bridgehead atoms. The fourth-order valence-electron chi connectivity index (χ4n) is 2.82. The van der Waals surface area contributed by atoms with E-state index >= 15 is 0 Å². The van der Waals surface area contributed by atoms with E-state index in [1.807, 2.05) is 30.3 Å². The van der Waals surface area contributed by atoms with Crippen molar-refractivity contribution in [1.82, 2.24) is 15.0 Å². The van der Waals surface area contributed by atoms with E-state index in [0.717, 1.165) is 0 Å². The van der Waals surface area contributed by atoms with Crippen molar-refractivity contribution in [3.8, 4) is 11.4 Å². The monoisotopic (exact) mass is 434 g/mol. The second kappa shape index (κ2) is 8.41. The number of esters is 1. The lowest BCUT2D eigenvalue weighted by Gasteiger charge is -2.19. The number of rotatable bonds is 6. The number of para-hydroxylation sites is 1. The smallest absolute Gasteiger partial charge is 0.365 e. The SMILES string of the molecule is CN(c1ccc(OC(=O)c2cnn(-c3ccccc3)n2)cc1)S(=O)(=O)c1ccccc1.